The highest BCUT2D eigenvalue weighted by molar-refractivity contribution is 6.32. The Morgan fingerprint density at radius 2 is 1.83 bits per heavy atom. The molecule has 1 fully saturated rings. The van der Waals surface area contributed by atoms with Gasteiger partial charge >= 0.3 is 6.09 Å². The molecule has 1 aliphatic heterocycles. The van der Waals surface area contributed by atoms with Gasteiger partial charge < -0.3 is 24.4 Å². The van der Waals surface area contributed by atoms with Gasteiger partial charge in [-0.2, -0.15) is 4.98 Å². The molecule has 1 saturated heterocycles. The molecule has 0 radical (unpaired) electrons. The Kier molecular flexibility index (Phi) is 5.06. The van der Waals surface area contributed by atoms with Crippen LogP contribution in [0.2, 0.25) is 5.02 Å². The maximum atomic E-state index is 11.1. The van der Waals surface area contributed by atoms with Crippen molar-refractivity contribution in [1.29, 1.82) is 0 Å². The van der Waals surface area contributed by atoms with Gasteiger partial charge in [-0.3, -0.25) is 4.40 Å². The lowest BCUT2D eigenvalue weighted by atomic mass is 10.1. The van der Waals surface area contributed by atoms with Gasteiger partial charge in [0.15, 0.2) is 0 Å². The van der Waals surface area contributed by atoms with E-state index < -0.39 is 6.09 Å². The van der Waals surface area contributed by atoms with Crippen LogP contribution >= 0.6 is 11.6 Å². The number of hydrogen-bond acceptors (Lipinski definition) is 6. The number of benzene rings is 1. The van der Waals surface area contributed by atoms with Crippen molar-refractivity contribution in [3.63, 3.8) is 0 Å². The average Bonchev–Trinajstić information content (AvgIpc) is 3.16. The van der Waals surface area contributed by atoms with Crippen molar-refractivity contribution in [2.45, 2.75) is 0 Å². The number of rotatable bonds is 4. The van der Waals surface area contributed by atoms with Gasteiger partial charge in [0, 0.05) is 50.2 Å². The van der Waals surface area contributed by atoms with Gasteiger partial charge in [0.2, 0.25) is 5.78 Å². The number of carbonyl (C=O) groups is 1. The Balaban J connectivity index is 1.65. The number of imidazole rings is 1. The second-order valence-electron chi connectivity index (χ2n) is 6.56. The van der Waals surface area contributed by atoms with Crippen LogP contribution in [0, 0.1) is 0 Å². The molecule has 1 aliphatic rings. The Bertz CT molecular complexity index is 1060. The van der Waals surface area contributed by atoms with Crippen molar-refractivity contribution in [2.24, 2.45) is 0 Å². The molecule has 3 heterocycles. The van der Waals surface area contributed by atoms with E-state index in [0.29, 0.717) is 54.2 Å². The van der Waals surface area contributed by atoms with E-state index in [4.69, 9.17) is 26.2 Å². The maximum absolute atomic E-state index is 11.1. The molecule has 3 aromatic rings. The lowest BCUT2D eigenvalue weighted by Crippen LogP contribution is -2.48. The van der Waals surface area contributed by atoms with Crippen molar-refractivity contribution >= 4 is 29.3 Å². The number of amides is 1. The second kappa shape index (κ2) is 7.67. The van der Waals surface area contributed by atoms with Crippen molar-refractivity contribution in [2.75, 3.05) is 45.3 Å². The van der Waals surface area contributed by atoms with Gasteiger partial charge in [0.1, 0.15) is 17.3 Å². The molecular weight excluding hydrogens is 398 g/mol. The zero-order valence-corrected chi connectivity index (χ0v) is 16.8. The monoisotopic (exact) mass is 417 g/mol. The van der Waals surface area contributed by atoms with Gasteiger partial charge in [0.05, 0.1) is 24.9 Å². The first-order valence-corrected chi connectivity index (χ1v) is 9.38. The number of methoxy groups -OCH3 is 2. The zero-order valence-electron chi connectivity index (χ0n) is 16.0. The van der Waals surface area contributed by atoms with E-state index in [1.54, 1.807) is 26.4 Å². The number of carboxylic acid groups (broad SMARTS) is 1. The van der Waals surface area contributed by atoms with Crippen LogP contribution in [0.15, 0.2) is 30.6 Å². The van der Waals surface area contributed by atoms with E-state index >= 15 is 0 Å². The average molecular weight is 418 g/mol. The summed E-state index contributed by atoms with van der Waals surface area (Å²) in [5.74, 6) is 2.42. The molecule has 0 aliphatic carbocycles. The minimum Gasteiger partial charge on any atom is -0.496 e. The van der Waals surface area contributed by atoms with Crippen LogP contribution in [-0.4, -0.2) is 70.9 Å². The number of piperazine rings is 1. The lowest BCUT2D eigenvalue weighted by Gasteiger charge is -2.33. The molecule has 10 heteroatoms. The van der Waals surface area contributed by atoms with Gasteiger partial charge in [-0.05, 0) is 12.1 Å². The Labute approximate surface area is 172 Å². The fraction of sp³-hybridized carbons (Fsp3) is 0.316. The van der Waals surface area contributed by atoms with Crippen LogP contribution in [0.3, 0.4) is 0 Å². The summed E-state index contributed by atoms with van der Waals surface area (Å²) >= 11 is 6.28. The minimum atomic E-state index is -0.891. The van der Waals surface area contributed by atoms with Crippen molar-refractivity contribution in [3.8, 4) is 22.8 Å². The minimum absolute atomic E-state index is 0.448. The number of nitrogens with zero attached hydrogens (tertiary/aromatic N) is 5. The van der Waals surface area contributed by atoms with Crippen molar-refractivity contribution in [3.05, 3.63) is 35.6 Å². The lowest BCUT2D eigenvalue weighted by molar-refractivity contribution is 0.142. The zero-order chi connectivity index (χ0) is 20.5. The number of ether oxygens (including phenoxy) is 2. The third-order valence-electron chi connectivity index (χ3n) is 4.94. The Morgan fingerprint density at radius 1 is 1.10 bits per heavy atom. The highest BCUT2D eigenvalue weighted by Crippen LogP contribution is 2.38. The molecule has 0 saturated carbocycles. The predicted octanol–water partition coefficient (Wildman–Crippen LogP) is 2.87. The van der Waals surface area contributed by atoms with Crippen molar-refractivity contribution in [1.82, 2.24) is 19.3 Å². The number of anilines is 1. The van der Waals surface area contributed by atoms with Crippen LogP contribution < -0.4 is 14.4 Å². The molecule has 1 amide bonds. The molecule has 0 bridgehead atoms. The molecule has 29 heavy (non-hydrogen) atoms. The molecule has 0 spiro atoms. The van der Waals surface area contributed by atoms with Crippen LogP contribution in [-0.2, 0) is 0 Å². The van der Waals surface area contributed by atoms with Crippen LogP contribution in [0.25, 0.3) is 17.0 Å². The SMILES string of the molecule is COc1cc(OC)c(-c2cn3ccc(N4CCN(C(=O)O)CC4)nc3n2)cc1Cl. The van der Waals surface area contributed by atoms with Gasteiger partial charge in [0.25, 0.3) is 0 Å². The van der Waals surface area contributed by atoms with Crippen molar-refractivity contribution < 1.29 is 19.4 Å². The molecule has 4 rings (SSSR count). The normalized spacial score (nSPS) is 14.3. The first-order valence-electron chi connectivity index (χ1n) is 9.00. The molecule has 152 valence electrons. The largest absolute Gasteiger partial charge is 0.496 e. The molecule has 0 unspecified atom stereocenters. The van der Waals surface area contributed by atoms with E-state index in [0.717, 1.165) is 11.4 Å². The summed E-state index contributed by atoms with van der Waals surface area (Å²) < 4.78 is 12.5. The maximum Gasteiger partial charge on any atom is 0.407 e. The van der Waals surface area contributed by atoms with E-state index in [-0.39, 0.29) is 0 Å². The third kappa shape index (κ3) is 3.61. The fourth-order valence-corrected chi connectivity index (χ4v) is 3.60. The van der Waals surface area contributed by atoms with Gasteiger partial charge in [-0.1, -0.05) is 11.6 Å². The molecular formula is C19H20ClN5O4. The molecule has 0 atom stereocenters. The summed E-state index contributed by atoms with van der Waals surface area (Å²) in [7, 11) is 3.13. The third-order valence-corrected chi connectivity index (χ3v) is 5.23. The number of hydrogen-bond donors (Lipinski definition) is 1. The first-order chi connectivity index (χ1) is 14.0. The highest BCUT2D eigenvalue weighted by Gasteiger charge is 2.22. The first kappa shape index (κ1) is 19.1. The second-order valence-corrected chi connectivity index (χ2v) is 6.97. The smallest absolute Gasteiger partial charge is 0.407 e. The number of aromatic nitrogens is 3. The highest BCUT2D eigenvalue weighted by atomic mass is 35.5. The summed E-state index contributed by atoms with van der Waals surface area (Å²) in [5.41, 5.74) is 1.41. The summed E-state index contributed by atoms with van der Waals surface area (Å²) in [6.07, 6.45) is 2.85. The standard InChI is InChI=1S/C19H20ClN5O4/c1-28-15-10-16(29-2)13(20)9-12(15)14-11-25-4-3-17(22-18(25)21-14)23-5-7-24(8-6-23)19(26)27/h3-4,9-11H,5-8H2,1-2H3,(H,26,27). The van der Waals surface area contributed by atoms with Gasteiger partial charge in [-0.25, -0.2) is 9.78 Å². The van der Waals surface area contributed by atoms with Crippen LogP contribution in [0.5, 0.6) is 11.5 Å². The van der Waals surface area contributed by atoms with E-state index in [9.17, 15) is 4.79 Å². The number of fused-ring (bicyclic) bond motifs is 1. The summed E-state index contributed by atoms with van der Waals surface area (Å²) in [6, 6.07) is 5.38. The summed E-state index contributed by atoms with van der Waals surface area (Å²) in [5, 5.41) is 9.56. The predicted molar refractivity (Wildman–Crippen MR) is 108 cm³/mol. The molecule has 2 aromatic heterocycles. The molecule has 1 aromatic carbocycles. The Hall–Kier alpha value is -3.20. The van der Waals surface area contributed by atoms with E-state index in [1.807, 2.05) is 22.9 Å². The van der Waals surface area contributed by atoms with Gasteiger partial charge in [-0.15, -0.1) is 0 Å². The fourth-order valence-electron chi connectivity index (χ4n) is 3.36. The summed E-state index contributed by atoms with van der Waals surface area (Å²) in [4.78, 5) is 23.8. The molecule has 1 N–H and O–H groups in total. The quantitative estimate of drug-likeness (QED) is 0.697. The number of halogens is 1. The van der Waals surface area contributed by atoms with Crippen LogP contribution in [0.1, 0.15) is 0 Å². The van der Waals surface area contributed by atoms with E-state index in [1.165, 1.54) is 4.90 Å². The van der Waals surface area contributed by atoms with E-state index in [2.05, 4.69) is 14.9 Å². The molecule has 9 nitrogen and oxygen atoms in total. The summed E-state index contributed by atoms with van der Waals surface area (Å²) in [6.45, 7) is 2.07. The van der Waals surface area contributed by atoms with Crippen LogP contribution in [0.4, 0.5) is 10.6 Å². The topological polar surface area (TPSA) is 92.4 Å². The Morgan fingerprint density at radius 3 is 2.48 bits per heavy atom.